The zero-order chi connectivity index (χ0) is 13.9. The molecule has 2 N–H and O–H groups in total. The van der Waals surface area contributed by atoms with Crippen molar-refractivity contribution in [2.24, 2.45) is 5.92 Å². The number of carbonyl (C=O) groups is 1. The Morgan fingerprint density at radius 1 is 1.33 bits per heavy atom. The van der Waals surface area contributed by atoms with E-state index in [4.69, 9.17) is 28.3 Å². The SMILES string of the molecule is CC(CNS(=O)(=O)c1cc(Cl)cc(Cl)c1)C(=O)O. The van der Waals surface area contributed by atoms with Gasteiger partial charge in [-0.3, -0.25) is 4.79 Å². The van der Waals surface area contributed by atoms with Crippen LogP contribution in [0.25, 0.3) is 0 Å². The molecular formula is C10H11Cl2NO4S. The number of hydrogen-bond acceptors (Lipinski definition) is 3. The molecule has 0 aliphatic carbocycles. The predicted octanol–water partition coefficient (Wildman–Crippen LogP) is 1.99. The van der Waals surface area contributed by atoms with Crippen LogP contribution in [-0.2, 0) is 14.8 Å². The van der Waals surface area contributed by atoms with E-state index in [0.29, 0.717) is 0 Å². The number of benzene rings is 1. The minimum absolute atomic E-state index is 0.0995. The van der Waals surface area contributed by atoms with Crippen LogP contribution < -0.4 is 4.72 Å². The summed E-state index contributed by atoms with van der Waals surface area (Å²) in [5.74, 6) is -1.91. The Hall–Kier alpha value is -0.820. The summed E-state index contributed by atoms with van der Waals surface area (Å²) in [5.41, 5.74) is 0. The van der Waals surface area contributed by atoms with Crippen LogP contribution in [0.2, 0.25) is 10.0 Å². The summed E-state index contributed by atoms with van der Waals surface area (Å²) < 4.78 is 25.9. The van der Waals surface area contributed by atoms with E-state index in [1.807, 2.05) is 0 Å². The molecule has 1 unspecified atom stereocenters. The van der Waals surface area contributed by atoms with E-state index in [1.54, 1.807) is 0 Å². The Morgan fingerprint density at radius 3 is 2.28 bits per heavy atom. The minimum Gasteiger partial charge on any atom is -0.481 e. The van der Waals surface area contributed by atoms with Crippen LogP contribution in [0, 0.1) is 5.92 Å². The molecule has 0 heterocycles. The Morgan fingerprint density at radius 2 is 1.83 bits per heavy atom. The number of nitrogens with one attached hydrogen (secondary N) is 1. The maximum Gasteiger partial charge on any atom is 0.307 e. The summed E-state index contributed by atoms with van der Waals surface area (Å²) in [6.45, 7) is 1.19. The Labute approximate surface area is 115 Å². The average molecular weight is 312 g/mol. The molecule has 0 aromatic heterocycles. The van der Waals surface area contributed by atoms with Gasteiger partial charge in [-0.15, -0.1) is 0 Å². The third-order valence-electron chi connectivity index (χ3n) is 2.15. The van der Waals surface area contributed by atoms with Crippen LogP contribution in [0.15, 0.2) is 23.1 Å². The number of sulfonamides is 1. The Balaban J connectivity index is 2.90. The first kappa shape index (κ1) is 15.2. The van der Waals surface area contributed by atoms with Gasteiger partial charge in [-0.1, -0.05) is 30.1 Å². The predicted molar refractivity (Wildman–Crippen MR) is 68.5 cm³/mol. The normalized spacial score (nSPS) is 13.3. The molecule has 0 bridgehead atoms. The first-order chi connectivity index (χ1) is 8.22. The van der Waals surface area contributed by atoms with E-state index in [-0.39, 0.29) is 21.5 Å². The lowest BCUT2D eigenvalue weighted by Crippen LogP contribution is -2.31. The fraction of sp³-hybridized carbons (Fsp3) is 0.300. The van der Waals surface area contributed by atoms with Gasteiger partial charge >= 0.3 is 5.97 Å². The van der Waals surface area contributed by atoms with Crippen molar-refractivity contribution in [1.29, 1.82) is 0 Å². The smallest absolute Gasteiger partial charge is 0.307 e. The molecular weight excluding hydrogens is 301 g/mol. The van der Waals surface area contributed by atoms with Gasteiger partial charge in [0.2, 0.25) is 10.0 Å². The Kier molecular flexibility index (Phi) is 4.98. The highest BCUT2D eigenvalue weighted by atomic mass is 35.5. The lowest BCUT2D eigenvalue weighted by molar-refractivity contribution is -0.140. The molecule has 0 spiro atoms. The van der Waals surface area contributed by atoms with Gasteiger partial charge in [0.05, 0.1) is 10.8 Å². The van der Waals surface area contributed by atoms with E-state index in [2.05, 4.69) is 4.72 Å². The third kappa shape index (κ3) is 4.13. The van der Waals surface area contributed by atoms with Crippen molar-refractivity contribution in [3.63, 3.8) is 0 Å². The molecule has 0 radical (unpaired) electrons. The van der Waals surface area contributed by atoms with Crippen molar-refractivity contribution in [3.05, 3.63) is 28.2 Å². The van der Waals surface area contributed by atoms with Crippen LogP contribution in [-0.4, -0.2) is 26.0 Å². The maximum atomic E-state index is 11.8. The van der Waals surface area contributed by atoms with Crippen LogP contribution in [0.1, 0.15) is 6.92 Å². The largest absolute Gasteiger partial charge is 0.481 e. The monoisotopic (exact) mass is 311 g/mol. The minimum atomic E-state index is -3.82. The van der Waals surface area contributed by atoms with Gasteiger partial charge in [0.25, 0.3) is 0 Å². The first-order valence-electron chi connectivity index (χ1n) is 4.91. The fourth-order valence-corrected chi connectivity index (χ4v) is 2.94. The molecule has 5 nitrogen and oxygen atoms in total. The molecule has 1 aromatic carbocycles. The van der Waals surface area contributed by atoms with Crippen LogP contribution in [0.3, 0.4) is 0 Å². The molecule has 0 saturated heterocycles. The van der Waals surface area contributed by atoms with Gasteiger partial charge in [-0.2, -0.15) is 0 Å². The molecule has 0 aliphatic heterocycles. The number of halogens is 2. The van der Waals surface area contributed by atoms with Crippen molar-refractivity contribution in [2.45, 2.75) is 11.8 Å². The van der Waals surface area contributed by atoms with E-state index >= 15 is 0 Å². The number of hydrogen-bond donors (Lipinski definition) is 2. The molecule has 100 valence electrons. The fourth-order valence-electron chi connectivity index (χ4n) is 1.09. The number of rotatable bonds is 5. The van der Waals surface area contributed by atoms with Gasteiger partial charge in [-0.05, 0) is 18.2 Å². The van der Waals surface area contributed by atoms with Gasteiger partial charge in [0.1, 0.15) is 0 Å². The van der Waals surface area contributed by atoms with E-state index in [9.17, 15) is 13.2 Å². The summed E-state index contributed by atoms with van der Waals surface area (Å²) in [7, 11) is -3.82. The standard InChI is InChI=1S/C10H11Cl2NO4S/c1-6(10(14)15)5-13-18(16,17)9-3-7(11)2-8(12)4-9/h2-4,6,13H,5H2,1H3,(H,14,15). The van der Waals surface area contributed by atoms with Crippen molar-refractivity contribution >= 4 is 39.2 Å². The number of carboxylic acid groups (broad SMARTS) is 1. The quantitative estimate of drug-likeness (QED) is 0.871. The summed E-state index contributed by atoms with van der Waals surface area (Å²) in [4.78, 5) is 10.5. The van der Waals surface area contributed by atoms with Crippen molar-refractivity contribution in [2.75, 3.05) is 6.54 Å². The molecule has 0 amide bonds. The molecule has 1 rings (SSSR count). The van der Waals surface area contributed by atoms with E-state index in [0.717, 1.165) is 0 Å². The molecule has 8 heteroatoms. The molecule has 18 heavy (non-hydrogen) atoms. The highest BCUT2D eigenvalue weighted by molar-refractivity contribution is 7.89. The summed E-state index contributed by atoms with van der Waals surface area (Å²) >= 11 is 11.4. The van der Waals surface area contributed by atoms with E-state index in [1.165, 1.54) is 25.1 Å². The van der Waals surface area contributed by atoms with Crippen molar-refractivity contribution < 1.29 is 18.3 Å². The number of aliphatic carboxylic acids is 1. The molecule has 1 aromatic rings. The second kappa shape index (κ2) is 5.88. The second-order valence-corrected chi connectivity index (χ2v) is 6.34. The second-order valence-electron chi connectivity index (χ2n) is 3.70. The van der Waals surface area contributed by atoms with E-state index < -0.39 is 21.9 Å². The molecule has 0 fully saturated rings. The van der Waals surface area contributed by atoms with Crippen LogP contribution >= 0.6 is 23.2 Å². The summed E-state index contributed by atoms with van der Waals surface area (Å²) in [6.07, 6.45) is 0. The lowest BCUT2D eigenvalue weighted by atomic mass is 10.2. The average Bonchev–Trinajstić information content (AvgIpc) is 2.24. The number of carboxylic acids is 1. The molecule has 1 atom stereocenters. The third-order valence-corrected chi connectivity index (χ3v) is 3.99. The van der Waals surface area contributed by atoms with Crippen LogP contribution in [0.4, 0.5) is 0 Å². The summed E-state index contributed by atoms with van der Waals surface area (Å²) in [6, 6.07) is 3.88. The molecule has 0 saturated carbocycles. The zero-order valence-corrected chi connectivity index (χ0v) is 11.7. The van der Waals surface area contributed by atoms with Crippen molar-refractivity contribution in [1.82, 2.24) is 4.72 Å². The highest BCUT2D eigenvalue weighted by Crippen LogP contribution is 2.22. The lowest BCUT2D eigenvalue weighted by Gasteiger charge is -2.10. The first-order valence-corrected chi connectivity index (χ1v) is 7.15. The van der Waals surface area contributed by atoms with Crippen LogP contribution in [0.5, 0.6) is 0 Å². The zero-order valence-electron chi connectivity index (χ0n) is 9.35. The van der Waals surface area contributed by atoms with Gasteiger partial charge in [0.15, 0.2) is 0 Å². The van der Waals surface area contributed by atoms with Gasteiger partial charge in [0, 0.05) is 16.6 Å². The topological polar surface area (TPSA) is 83.5 Å². The molecule has 0 aliphatic rings. The van der Waals surface area contributed by atoms with Gasteiger partial charge in [-0.25, -0.2) is 13.1 Å². The van der Waals surface area contributed by atoms with Crippen molar-refractivity contribution in [3.8, 4) is 0 Å². The van der Waals surface area contributed by atoms with Gasteiger partial charge < -0.3 is 5.11 Å². The highest BCUT2D eigenvalue weighted by Gasteiger charge is 2.19. The maximum absolute atomic E-state index is 11.8. The Bertz CT molecular complexity index is 539. The summed E-state index contributed by atoms with van der Waals surface area (Å²) in [5, 5.41) is 9.04.